The number of thiophene rings is 1. The Balaban J connectivity index is 1.88. The number of nitrogens with two attached hydrogens (primary N) is 1. The first kappa shape index (κ1) is 12.5. The lowest BCUT2D eigenvalue weighted by atomic mass is 10.0. The van der Waals surface area contributed by atoms with Crippen LogP contribution < -0.4 is 11.1 Å². The standard InChI is InChI=1S/C12H18N2O2S/c1-8-7-9(4-5-16-8)14-12(15)11(13)10-3-2-6-17-10/h2-3,6,8-9,11H,4-5,7,13H2,1H3,(H,14,15). The van der Waals surface area contributed by atoms with E-state index in [1.165, 1.54) is 11.3 Å². The molecule has 17 heavy (non-hydrogen) atoms. The summed E-state index contributed by atoms with van der Waals surface area (Å²) in [5.74, 6) is -0.0912. The summed E-state index contributed by atoms with van der Waals surface area (Å²) < 4.78 is 5.44. The number of carbonyl (C=O) groups is 1. The number of ether oxygens (including phenoxy) is 1. The van der Waals surface area contributed by atoms with Crippen molar-refractivity contribution in [3.8, 4) is 0 Å². The summed E-state index contributed by atoms with van der Waals surface area (Å²) in [7, 11) is 0. The lowest BCUT2D eigenvalue weighted by Gasteiger charge is -2.28. The van der Waals surface area contributed by atoms with Crippen LogP contribution in [0.2, 0.25) is 0 Å². The van der Waals surface area contributed by atoms with Gasteiger partial charge in [0.1, 0.15) is 6.04 Å². The third kappa shape index (κ3) is 3.28. The molecule has 1 amide bonds. The van der Waals surface area contributed by atoms with Crippen molar-refractivity contribution in [3.05, 3.63) is 22.4 Å². The average Bonchev–Trinajstić information content (AvgIpc) is 2.81. The topological polar surface area (TPSA) is 64.4 Å². The highest BCUT2D eigenvalue weighted by Crippen LogP contribution is 2.18. The Morgan fingerprint density at radius 2 is 2.53 bits per heavy atom. The molecule has 2 heterocycles. The largest absolute Gasteiger partial charge is 0.378 e. The monoisotopic (exact) mass is 254 g/mol. The van der Waals surface area contributed by atoms with Crippen molar-refractivity contribution in [2.75, 3.05) is 6.61 Å². The van der Waals surface area contributed by atoms with Gasteiger partial charge in [-0.1, -0.05) is 6.07 Å². The summed E-state index contributed by atoms with van der Waals surface area (Å²) in [5, 5.41) is 4.93. The van der Waals surface area contributed by atoms with E-state index in [2.05, 4.69) is 5.32 Å². The Bertz CT molecular complexity index is 367. The fourth-order valence-electron chi connectivity index (χ4n) is 2.02. The van der Waals surface area contributed by atoms with E-state index in [1.54, 1.807) is 0 Å². The zero-order valence-corrected chi connectivity index (χ0v) is 10.7. The molecule has 0 saturated carbocycles. The summed E-state index contributed by atoms with van der Waals surface area (Å²) in [6.45, 7) is 2.73. The van der Waals surface area contributed by atoms with E-state index in [9.17, 15) is 4.79 Å². The maximum atomic E-state index is 11.9. The average molecular weight is 254 g/mol. The summed E-state index contributed by atoms with van der Waals surface area (Å²) in [6.07, 6.45) is 1.95. The van der Waals surface area contributed by atoms with Crippen LogP contribution in [-0.2, 0) is 9.53 Å². The smallest absolute Gasteiger partial charge is 0.242 e. The van der Waals surface area contributed by atoms with Crippen LogP contribution in [0.4, 0.5) is 0 Å². The maximum Gasteiger partial charge on any atom is 0.242 e. The molecule has 0 aliphatic carbocycles. The van der Waals surface area contributed by atoms with Gasteiger partial charge in [0, 0.05) is 17.5 Å². The van der Waals surface area contributed by atoms with E-state index in [-0.39, 0.29) is 18.1 Å². The van der Waals surface area contributed by atoms with E-state index < -0.39 is 6.04 Å². The Hall–Kier alpha value is -0.910. The minimum Gasteiger partial charge on any atom is -0.378 e. The van der Waals surface area contributed by atoms with Gasteiger partial charge >= 0.3 is 0 Å². The second-order valence-electron chi connectivity index (χ2n) is 4.40. The molecule has 0 aromatic carbocycles. The third-order valence-electron chi connectivity index (χ3n) is 2.96. The van der Waals surface area contributed by atoms with Crippen LogP contribution in [0.1, 0.15) is 30.7 Å². The zero-order chi connectivity index (χ0) is 12.3. The fourth-order valence-corrected chi connectivity index (χ4v) is 2.74. The van der Waals surface area contributed by atoms with E-state index >= 15 is 0 Å². The van der Waals surface area contributed by atoms with Crippen molar-refractivity contribution in [1.29, 1.82) is 0 Å². The van der Waals surface area contributed by atoms with Crippen LogP contribution >= 0.6 is 11.3 Å². The SMILES string of the molecule is CC1CC(NC(=O)C(N)c2cccs2)CCO1. The number of hydrogen-bond acceptors (Lipinski definition) is 4. The van der Waals surface area contributed by atoms with Gasteiger partial charge in [0.15, 0.2) is 0 Å². The van der Waals surface area contributed by atoms with Gasteiger partial charge < -0.3 is 15.8 Å². The molecular weight excluding hydrogens is 236 g/mol. The minimum absolute atomic E-state index is 0.0912. The fraction of sp³-hybridized carbons (Fsp3) is 0.583. The molecule has 2 rings (SSSR count). The van der Waals surface area contributed by atoms with Crippen molar-refractivity contribution >= 4 is 17.2 Å². The maximum absolute atomic E-state index is 11.9. The number of hydrogen-bond donors (Lipinski definition) is 2. The van der Waals surface area contributed by atoms with Gasteiger partial charge in [0.05, 0.1) is 6.10 Å². The van der Waals surface area contributed by atoms with Gasteiger partial charge in [-0.25, -0.2) is 0 Å². The number of rotatable bonds is 3. The number of nitrogens with one attached hydrogen (secondary N) is 1. The van der Waals surface area contributed by atoms with Crippen LogP contribution in [0.25, 0.3) is 0 Å². The number of amides is 1. The first-order valence-corrected chi connectivity index (χ1v) is 6.75. The molecule has 0 spiro atoms. The first-order chi connectivity index (χ1) is 8.16. The first-order valence-electron chi connectivity index (χ1n) is 5.88. The lowest BCUT2D eigenvalue weighted by molar-refractivity contribution is -0.124. The second kappa shape index (κ2) is 5.62. The van der Waals surface area contributed by atoms with Crippen LogP contribution in [-0.4, -0.2) is 24.7 Å². The molecule has 3 N–H and O–H groups in total. The van der Waals surface area contributed by atoms with E-state index in [1.807, 2.05) is 24.4 Å². The quantitative estimate of drug-likeness (QED) is 0.857. The summed E-state index contributed by atoms with van der Waals surface area (Å²) in [5.41, 5.74) is 5.90. The Morgan fingerprint density at radius 1 is 1.71 bits per heavy atom. The van der Waals surface area contributed by atoms with Crippen molar-refractivity contribution < 1.29 is 9.53 Å². The summed E-state index contributed by atoms with van der Waals surface area (Å²) >= 11 is 1.51. The molecule has 0 bridgehead atoms. The molecule has 4 nitrogen and oxygen atoms in total. The molecule has 94 valence electrons. The molecule has 1 aliphatic rings. The highest BCUT2D eigenvalue weighted by atomic mass is 32.1. The van der Waals surface area contributed by atoms with Crippen LogP contribution in [0.3, 0.4) is 0 Å². The molecule has 3 atom stereocenters. The molecule has 0 radical (unpaired) electrons. The molecule has 1 saturated heterocycles. The van der Waals surface area contributed by atoms with E-state index in [0.29, 0.717) is 6.61 Å². The predicted molar refractivity (Wildman–Crippen MR) is 67.8 cm³/mol. The molecule has 5 heteroatoms. The third-order valence-corrected chi connectivity index (χ3v) is 3.92. The summed E-state index contributed by atoms with van der Waals surface area (Å²) in [6, 6.07) is 3.44. The summed E-state index contributed by atoms with van der Waals surface area (Å²) in [4.78, 5) is 12.9. The molecule has 1 fully saturated rings. The van der Waals surface area contributed by atoms with Crippen molar-refractivity contribution in [3.63, 3.8) is 0 Å². The highest BCUT2D eigenvalue weighted by molar-refractivity contribution is 7.10. The van der Waals surface area contributed by atoms with Crippen LogP contribution in [0, 0.1) is 0 Å². The molecular formula is C12H18N2O2S. The van der Waals surface area contributed by atoms with Gasteiger partial charge in [0.25, 0.3) is 0 Å². The van der Waals surface area contributed by atoms with Gasteiger partial charge in [-0.3, -0.25) is 4.79 Å². The zero-order valence-electron chi connectivity index (χ0n) is 9.89. The van der Waals surface area contributed by atoms with E-state index in [0.717, 1.165) is 17.7 Å². The number of carbonyl (C=O) groups excluding carboxylic acids is 1. The van der Waals surface area contributed by atoms with Crippen molar-refractivity contribution in [2.24, 2.45) is 5.73 Å². The normalized spacial score (nSPS) is 26.5. The van der Waals surface area contributed by atoms with Gasteiger partial charge in [-0.2, -0.15) is 0 Å². The Labute approximate surface area is 105 Å². The lowest BCUT2D eigenvalue weighted by Crippen LogP contribution is -2.44. The predicted octanol–water partition coefficient (Wildman–Crippen LogP) is 1.43. The van der Waals surface area contributed by atoms with Crippen molar-refractivity contribution in [1.82, 2.24) is 5.32 Å². The van der Waals surface area contributed by atoms with Crippen LogP contribution in [0.5, 0.6) is 0 Å². The second-order valence-corrected chi connectivity index (χ2v) is 5.38. The van der Waals surface area contributed by atoms with E-state index in [4.69, 9.17) is 10.5 Å². The molecule has 3 unspecified atom stereocenters. The van der Waals surface area contributed by atoms with Gasteiger partial charge in [0.2, 0.25) is 5.91 Å². The van der Waals surface area contributed by atoms with Gasteiger partial charge in [-0.05, 0) is 31.2 Å². The van der Waals surface area contributed by atoms with Crippen LogP contribution in [0.15, 0.2) is 17.5 Å². The molecule has 1 aromatic rings. The highest BCUT2D eigenvalue weighted by Gasteiger charge is 2.24. The Kier molecular flexibility index (Phi) is 4.15. The minimum atomic E-state index is -0.548. The van der Waals surface area contributed by atoms with Crippen molar-refractivity contribution in [2.45, 2.75) is 38.0 Å². The Morgan fingerprint density at radius 3 is 3.18 bits per heavy atom. The molecule has 1 aliphatic heterocycles. The molecule has 1 aromatic heterocycles. The van der Waals surface area contributed by atoms with Gasteiger partial charge in [-0.15, -0.1) is 11.3 Å².